The Morgan fingerprint density at radius 2 is 2.24 bits per heavy atom. The molecule has 3 nitrogen and oxygen atoms in total. The molecule has 0 unspecified atom stereocenters. The van der Waals surface area contributed by atoms with Crippen LogP contribution in [-0.2, 0) is 11.2 Å². The van der Waals surface area contributed by atoms with Crippen molar-refractivity contribution in [2.45, 2.75) is 25.7 Å². The molecule has 1 aromatic rings. The highest BCUT2D eigenvalue weighted by Crippen LogP contribution is 2.23. The average molecular weight is 329 g/mol. The van der Waals surface area contributed by atoms with Gasteiger partial charge in [-0.1, -0.05) is 29.3 Å². The number of hydrogen-bond donors (Lipinski definition) is 1. The summed E-state index contributed by atoms with van der Waals surface area (Å²) in [4.78, 5) is 14.3. The molecule has 1 fully saturated rings. The van der Waals surface area contributed by atoms with E-state index in [1.807, 2.05) is 24.1 Å². The number of hydrogen-bond acceptors (Lipinski definition) is 2. The maximum Gasteiger partial charge on any atom is 0.222 e. The summed E-state index contributed by atoms with van der Waals surface area (Å²) >= 11 is 12.0. The fourth-order valence-electron chi connectivity index (χ4n) is 2.87. The predicted molar refractivity (Wildman–Crippen MR) is 88.0 cm³/mol. The Hall–Kier alpha value is -0.770. The van der Waals surface area contributed by atoms with Gasteiger partial charge in [-0.2, -0.15) is 0 Å². The number of nitrogens with zero attached hydrogens (tertiary/aromatic N) is 1. The molecule has 1 aromatic carbocycles. The maximum absolute atomic E-state index is 12.3. The molecular weight excluding hydrogens is 307 g/mol. The summed E-state index contributed by atoms with van der Waals surface area (Å²) in [5, 5.41) is 4.47. The lowest BCUT2D eigenvalue weighted by molar-refractivity contribution is -0.132. The van der Waals surface area contributed by atoms with Crippen LogP contribution in [0.25, 0.3) is 0 Å². The van der Waals surface area contributed by atoms with E-state index in [4.69, 9.17) is 23.2 Å². The van der Waals surface area contributed by atoms with E-state index in [9.17, 15) is 4.79 Å². The Balaban J connectivity index is 1.86. The van der Waals surface area contributed by atoms with Crippen LogP contribution in [-0.4, -0.2) is 37.5 Å². The van der Waals surface area contributed by atoms with Crippen LogP contribution in [0.2, 0.25) is 10.0 Å². The third-order valence-corrected chi connectivity index (χ3v) is 4.57. The molecule has 0 saturated carbocycles. The second kappa shape index (κ2) is 8.02. The maximum atomic E-state index is 12.3. The third kappa shape index (κ3) is 4.87. The van der Waals surface area contributed by atoms with Crippen LogP contribution in [0.3, 0.4) is 0 Å². The Bertz CT molecular complexity index is 491. The summed E-state index contributed by atoms with van der Waals surface area (Å²) in [5.74, 6) is 0.800. The quantitative estimate of drug-likeness (QED) is 0.898. The fraction of sp³-hybridized carbons (Fsp3) is 0.562. The van der Waals surface area contributed by atoms with Crippen LogP contribution in [0.5, 0.6) is 0 Å². The number of rotatable bonds is 5. The largest absolute Gasteiger partial charge is 0.342 e. The molecule has 21 heavy (non-hydrogen) atoms. The Morgan fingerprint density at radius 3 is 2.95 bits per heavy atom. The molecule has 1 heterocycles. The van der Waals surface area contributed by atoms with Crippen LogP contribution >= 0.6 is 23.2 Å². The highest BCUT2D eigenvalue weighted by atomic mass is 35.5. The number of carbonyl (C=O) groups is 1. The molecule has 1 aliphatic heterocycles. The van der Waals surface area contributed by atoms with Crippen molar-refractivity contribution in [3.8, 4) is 0 Å². The van der Waals surface area contributed by atoms with Crippen LogP contribution in [0.4, 0.5) is 0 Å². The summed E-state index contributed by atoms with van der Waals surface area (Å²) in [6, 6.07) is 5.45. The van der Waals surface area contributed by atoms with E-state index >= 15 is 0 Å². The molecule has 116 valence electrons. The first kappa shape index (κ1) is 16.6. The van der Waals surface area contributed by atoms with Gasteiger partial charge in [0, 0.05) is 29.6 Å². The molecule has 0 spiro atoms. The van der Waals surface area contributed by atoms with Crippen LogP contribution in [0, 0.1) is 5.92 Å². The van der Waals surface area contributed by atoms with Crippen LogP contribution < -0.4 is 5.32 Å². The molecule has 1 N–H and O–H groups in total. The molecule has 5 heteroatoms. The minimum Gasteiger partial charge on any atom is -0.342 e. The van der Waals surface area contributed by atoms with E-state index in [1.165, 1.54) is 6.42 Å². The lowest BCUT2D eigenvalue weighted by Crippen LogP contribution is -2.42. The van der Waals surface area contributed by atoms with Gasteiger partial charge in [0.25, 0.3) is 0 Å². The van der Waals surface area contributed by atoms with Crippen molar-refractivity contribution < 1.29 is 4.79 Å². The topological polar surface area (TPSA) is 32.3 Å². The van der Waals surface area contributed by atoms with Gasteiger partial charge in [0.2, 0.25) is 5.91 Å². The van der Waals surface area contributed by atoms with Crippen LogP contribution in [0.1, 0.15) is 24.8 Å². The van der Waals surface area contributed by atoms with E-state index in [2.05, 4.69) is 5.32 Å². The van der Waals surface area contributed by atoms with E-state index in [1.54, 1.807) is 6.07 Å². The third-order valence-electron chi connectivity index (χ3n) is 3.99. The van der Waals surface area contributed by atoms with Crippen molar-refractivity contribution in [1.29, 1.82) is 0 Å². The SMILES string of the molecule is CNC[C@H]1CCCN(C(=O)CCc2ccc(Cl)cc2Cl)C1. The molecule has 2 rings (SSSR count). The number of halogens is 2. The number of piperidine rings is 1. The van der Waals surface area contributed by atoms with Gasteiger partial charge in [0.05, 0.1) is 0 Å². The van der Waals surface area contributed by atoms with Gasteiger partial charge in [-0.25, -0.2) is 0 Å². The van der Waals surface area contributed by atoms with Crippen molar-refractivity contribution in [3.05, 3.63) is 33.8 Å². The van der Waals surface area contributed by atoms with Crippen molar-refractivity contribution in [2.75, 3.05) is 26.7 Å². The van der Waals surface area contributed by atoms with Crippen molar-refractivity contribution in [2.24, 2.45) is 5.92 Å². The van der Waals surface area contributed by atoms with Gasteiger partial charge in [-0.05, 0) is 56.5 Å². The molecule has 0 bridgehead atoms. The smallest absolute Gasteiger partial charge is 0.222 e. The van der Waals surface area contributed by atoms with Gasteiger partial charge < -0.3 is 10.2 Å². The van der Waals surface area contributed by atoms with Gasteiger partial charge in [0.1, 0.15) is 0 Å². The van der Waals surface area contributed by atoms with Gasteiger partial charge in [-0.15, -0.1) is 0 Å². The Morgan fingerprint density at radius 1 is 1.43 bits per heavy atom. The van der Waals surface area contributed by atoms with Gasteiger partial charge >= 0.3 is 0 Å². The predicted octanol–water partition coefficient (Wildman–Crippen LogP) is 3.38. The zero-order valence-electron chi connectivity index (χ0n) is 12.4. The minimum atomic E-state index is 0.224. The number of likely N-dealkylation sites (tertiary alicyclic amines) is 1. The first-order chi connectivity index (χ1) is 10.1. The molecule has 1 amide bonds. The molecule has 1 aliphatic rings. The van der Waals surface area contributed by atoms with Gasteiger partial charge in [0.15, 0.2) is 0 Å². The number of nitrogens with one attached hydrogen (secondary N) is 1. The highest BCUT2D eigenvalue weighted by molar-refractivity contribution is 6.35. The first-order valence-corrected chi connectivity index (χ1v) is 8.22. The second-order valence-corrected chi connectivity index (χ2v) is 6.49. The Kier molecular flexibility index (Phi) is 6.34. The summed E-state index contributed by atoms with van der Waals surface area (Å²) < 4.78 is 0. The van der Waals surface area contributed by atoms with Crippen molar-refractivity contribution in [3.63, 3.8) is 0 Å². The van der Waals surface area contributed by atoms with Crippen LogP contribution in [0.15, 0.2) is 18.2 Å². The van der Waals surface area contributed by atoms with E-state index in [0.29, 0.717) is 28.8 Å². The summed E-state index contributed by atoms with van der Waals surface area (Å²) in [7, 11) is 1.96. The van der Waals surface area contributed by atoms with Gasteiger partial charge in [-0.3, -0.25) is 4.79 Å². The molecule has 0 aliphatic carbocycles. The zero-order valence-corrected chi connectivity index (χ0v) is 13.9. The number of amides is 1. The second-order valence-electron chi connectivity index (χ2n) is 5.64. The van der Waals surface area contributed by atoms with Crippen molar-refractivity contribution in [1.82, 2.24) is 10.2 Å². The molecule has 0 aromatic heterocycles. The molecule has 0 radical (unpaired) electrons. The normalized spacial score (nSPS) is 18.8. The number of benzene rings is 1. The Labute approximate surface area is 136 Å². The summed E-state index contributed by atoms with van der Waals surface area (Å²) in [6.45, 7) is 2.73. The molecule has 1 atom stereocenters. The number of carbonyl (C=O) groups excluding carboxylic acids is 1. The summed E-state index contributed by atoms with van der Waals surface area (Å²) in [6.07, 6.45) is 3.48. The molecule has 1 saturated heterocycles. The fourth-order valence-corrected chi connectivity index (χ4v) is 3.37. The highest BCUT2D eigenvalue weighted by Gasteiger charge is 2.22. The average Bonchev–Trinajstić information content (AvgIpc) is 2.47. The summed E-state index contributed by atoms with van der Waals surface area (Å²) in [5.41, 5.74) is 0.984. The monoisotopic (exact) mass is 328 g/mol. The lowest BCUT2D eigenvalue weighted by atomic mass is 9.97. The molecular formula is C16H22Cl2N2O. The number of aryl methyl sites for hydroxylation is 1. The lowest BCUT2D eigenvalue weighted by Gasteiger charge is -2.32. The van der Waals surface area contributed by atoms with E-state index in [-0.39, 0.29) is 5.91 Å². The van der Waals surface area contributed by atoms with E-state index < -0.39 is 0 Å². The zero-order chi connectivity index (χ0) is 15.2. The first-order valence-electron chi connectivity index (χ1n) is 7.46. The standard InChI is InChI=1S/C16H22Cl2N2O/c1-19-10-12-3-2-8-20(11-12)16(21)7-5-13-4-6-14(17)9-15(13)18/h4,6,9,12,19H,2-3,5,7-8,10-11H2,1H3/t12-/m1/s1. The minimum absolute atomic E-state index is 0.224. The van der Waals surface area contributed by atoms with E-state index in [0.717, 1.165) is 31.6 Å². The van der Waals surface area contributed by atoms with Crippen molar-refractivity contribution >= 4 is 29.1 Å².